The first-order chi connectivity index (χ1) is 18.5. The number of benzene rings is 3. The number of rotatable bonds is 6. The first-order valence-electron chi connectivity index (χ1n) is 14.8. The number of carbonyl (C=O) groups is 1. The first-order valence-corrected chi connectivity index (χ1v) is 14.8. The second-order valence-corrected chi connectivity index (χ2v) is 12.8. The van der Waals surface area contributed by atoms with E-state index >= 15 is 0 Å². The summed E-state index contributed by atoms with van der Waals surface area (Å²) in [5, 5.41) is 12.1. The number of aromatic carboxylic acids is 1. The van der Waals surface area contributed by atoms with E-state index in [2.05, 4.69) is 42.2 Å². The summed E-state index contributed by atoms with van der Waals surface area (Å²) in [6.07, 6.45) is 12.0. The fourth-order valence-corrected chi connectivity index (χ4v) is 8.86. The van der Waals surface area contributed by atoms with Crippen molar-refractivity contribution >= 4 is 16.7 Å². The fraction of sp³-hybridized carbons (Fsp3) is 0.500. The number of fused-ring (bicyclic) bond motifs is 1. The van der Waals surface area contributed by atoms with Crippen molar-refractivity contribution in [2.24, 2.45) is 17.8 Å². The lowest BCUT2D eigenvalue weighted by molar-refractivity contribution is -0.0110. The number of hydrogen-bond donors (Lipinski definition) is 1. The Morgan fingerprint density at radius 2 is 1.58 bits per heavy atom. The molecule has 5 aliphatic rings. The van der Waals surface area contributed by atoms with E-state index in [1.54, 1.807) is 12.1 Å². The van der Waals surface area contributed by atoms with Gasteiger partial charge in [-0.1, -0.05) is 36.8 Å². The molecule has 3 aromatic carbocycles. The molecule has 4 heteroatoms. The van der Waals surface area contributed by atoms with Crippen molar-refractivity contribution in [3.8, 4) is 16.9 Å². The molecule has 1 saturated heterocycles. The highest BCUT2D eigenvalue weighted by Crippen LogP contribution is 2.62. The van der Waals surface area contributed by atoms with E-state index in [1.165, 1.54) is 68.7 Å². The van der Waals surface area contributed by atoms with E-state index in [4.69, 9.17) is 4.74 Å². The zero-order valence-corrected chi connectivity index (χ0v) is 22.5. The summed E-state index contributed by atoms with van der Waals surface area (Å²) in [7, 11) is 0. The Bertz CT molecular complexity index is 1340. The van der Waals surface area contributed by atoms with Crippen LogP contribution in [0.15, 0.2) is 54.6 Å². The van der Waals surface area contributed by atoms with Crippen LogP contribution in [-0.4, -0.2) is 35.3 Å². The zero-order valence-electron chi connectivity index (χ0n) is 22.5. The van der Waals surface area contributed by atoms with Gasteiger partial charge in [0.05, 0.1) is 5.56 Å². The predicted molar refractivity (Wildman–Crippen MR) is 152 cm³/mol. The van der Waals surface area contributed by atoms with Gasteiger partial charge in [0.2, 0.25) is 0 Å². The zero-order chi connectivity index (χ0) is 25.9. The standard InChI is InChI=1S/C34H39NO3/c1-22(35-11-5-2-6-12-35)38-32-18-26-9-10-27(29-7-3-4-8-30(29)33(36)37)16-28(26)17-31(32)34-19-23-13-24(20-34)15-25(14-23)21-34/h3-4,7-10,16-18,22-25H,2,5-6,11-15,19-21H2,1H3,(H,36,37). The molecule has 0 amide bonds. The van der Waals surface area contributed by atoms with Crippen LogP contribution >= 0.6 is 0 Å². The van der Waals surface area contributed by atoms with E-state index in [-0.39, 0.29) is 11.6 Å². The third kappa shape index (κ3) is 4.22. The fourth-order valence-electron chi connectivity index (χ4n) is 8.86. The summed E-state index contributed by atoms with van der Waals surface area (Å²) >= 11 is 0. The molecular weight excluding hydrogens is 470 g/mol. The Labute approximate surface area is 226 Å². The Hall–Kier alpha value is -2.85. The van der Waals surface area contributed by atoms with E-state index in [0.717, 1.165) is 53.1 Å². The minimum absolute atomic E-state index is 0.0714. The van der Waals surface area contributed by atoms with Crippen LogP contribution in [0.25, 0.3) is 21.9 Å². The summed E-state index contributed by atoms with van der Waals surface area (Å²) in [5.41, 5.74) is 3.72. The van der Waals surface area contributed by atoms with E-state index in [1.807, 2.05) is 12.1 Å². The highest BCUT2D eigenvalue weighted by Gasteiger charge is 2.52. The lowest BCUT2D eigenvalue weighted by Gasteiger charge is -2.57. The van der Waals surface area contributed by atoms with Crippen molar-refractivity contribution in [3.63, 3.8) is 0 Å². The Kier molecular flexibility index (Phi) is 6.00. The maximum atomic E-state index is 11.9. The molecule has 1 aliphatic heterocycles. The Morgan fingerprint density at radius 3 is 2.26 bits per heavy atom. The number of likely N-dealkylation sites (tertiary alicyclic amines) is 1. The van der Waals surface area contributed by atoms with Crippen LogP contribution in [0.2, 0.25) is 0 Å². The molecule has 4 saturated carbocycles. The molecule has 4 nitrogen and oxygen atoms in total. The molecule has 0 radical (unpaired) electrons. The molecule has 4 aliphatic carbocycles. The number of carboxylic acid groups (broad SMARTS) is 1. The van der Waals surface area contributed by atoms with E-state index < -0.39 is 5.97 Å². The number of hydrogen-bond acceptors (Lipinski definition) is 3. The van der Waals surface area contributed by atoms with Gasteiger partial charge < -0.3 is 9.84 Å². The Morgan fingerprint density at radius 1 is 0.895 bits per heavy atom. The van der Waals surface area contributed by atoms with Gasteiger partial charge >= 0.3 is 5.97 Å². The largest absolute Gasteiger partial charge is 0.478 e. The van der Waals surface area contributed by atoms with Crippen LogP contribution in [0, 0.1) is 17.8 Å². The third-order valence-electron chi connectivity index (χ3n) is 10.2. The maximum absolute atomic E-state index is 11.9. The summed E-state index contributed by atoms with van der Waals surface area (Å²) in [4.78, 5) is 14.4. The molecule has 198 valence electrons. The van der Waals surface area contributed by atoms with Gasteiger partial charge in [0.15, 0.2) is 0 Å². The van der Waals surface area contributed by atoms with Gasteiger partial charge in [-0.3, -0.25) is 4.90 Å². The molecule has 4 bridgehead atoms. The minimum Gasteiger partial charge on any atom is -0.478 e. The molecule has 0 spiro atoms. The number of piperidine rings is 1. The second kappa shape index (κ2) is 9.41. The molecule has 38 heavy (non-hydrogen) atoms. The van der Waals surface area contributed by atoms with Crippen molar-refractivity contribution in [2.75, 3.05) is 13.1 Å². The van der Waals surface area contributed by atoms with Gasteiger partial charge in [-0.05, 0) is 128 Å². The SMILES string of the molecule is CC(Oc1cc2ccc(-c3ccccc3C(=O)O)cc2cc1C12CC3CC(CC(C3)C1)C2)N1CCCCC1. The summed E-state index contributed by atoms with van der Waals surface area (Å²) in [5.74, 6) is 2.77. The van der Waals surface area contributed by atoms with Crippen molar-refractivity contribution < 1.29 is 14.6 Å². The van der Waals surface area contributed by atoms with Gasteiger partial charge in [0, 0.05) is 18.7 Å². The van der Waals surface area contributed by atoms with Gasteiger partial charge in [0.25, 0.3) is 0 Å². The topological polar surface area (TPSA) is 49.8 Å². The quantitative estimate of drug-likeness (QED) is 0.367. The molecule has 1 unspecified atom stereocenters. The average Bonchev–Trinajstić information content (AvgIpc) is 2.92. The van der Waals surface area contributed by atoms with Gasteiger partial charge in [0.1, 0.15) is 12.0 Å². The summed E-state index contributed by atoms with van der Waals surface area (Å²) in [6.45, 7) is 4.46. The van der Waals surface area contributed by atoms with Crippen molar-refractivity contribution in [1.29, 1.82) is 0 Å². The first kappa shape index (κ1) is 24.2. The van der Waals surface area contributed by atoms with Crippen LogP contribution < -0.4 is 4.74 Å². The van der Waals surface area contributed by atoms with Crippen molar-refractivity contribution in [1.82, 2.24) is 4.90 Å². The molecule has 1 heterocycles. The van der Waals surface area contributed by atoms with E-state index in [9.17, 15) is 9.90 Å². The van der Waals surface area contributed by atoms with Crippen LogP contribution in [-0.2, 0) is 5.41 Å². The van der Waals surface area contributed by atoms with Gasteiger partial charge in [-0.2, -0.15) is 0 Å². The minimum atomic E-state index is -0.884. The van der Waals surface area contributed by atoms with Crippen LogP contribution in [0.5, 0.6) is 5.75 Å². The maximum Gasteiger partial charge on any atom is 0.336 e. The van der Waals surface area contributed by atoms with E-state index in [0.29, 0.717) is 5.56 Å². The molecule has 0 aromatic heterocycles. The van der Waals surface area contributed by atoms with Crippen molar-refractivity contribution in [2.45, 2.75) is 76.4 Å². The Balaban J connectivity index is 1.33. The number of nitrogens with zero attached hydrogens (tertiary/aromatic N) is 1. The number of carboxylic acids is 1. The summed E-state index contributed by atoms with van der Waals surface area (Å²) < 4.78 is 6.90. The highest BCUT2D eigenvalue weighted by atomic mass is 16.5. The highest BCUT2D eigenvalue weighted by molar-refractivity contribution is 5.98. The molecule has 1 atom stereocenters. The van der Waals surface area contributed by atoms with Gasteiger partial charge in [-0.15, -0.1) is 0 Å². The molecular formula is C34H39NO3. The third-order valence-corrected chi connectivity index (χ3v) is 10.2. The summed E-state index contributed by atoms with van der Waals surface area (Å²) in [6, 6.07) is 18.4. The predicted octanol–water partition coefficient (Wildman–Crippen LogP) is 7.88. The van der Waals surface area contributed by atoms with Crippen LogP contribution in [0.4, 0.5) is 0 Å². The molecule has 5 fully saturated rings. The second-order valence-electron chi connectivity index (χ2n) is 12.8. The monoisotopic (exact) mass is 509 g/mol. The lowest BCUT2D eigenvalue weighted by Crippen LogP contribution is -2.49. The van der Waals surface area contributed by atoms with Crippen LogP contribution in [0.3, 0.4) is 0 Å². The average molecular weight is 510 g/mol. The van der Waals surface area contributed by atoms with Gasteiger partial charge in [-0.25, -0.2) is 4.79 Å². The molecule has 8 rings (SSSR count). The number of ether oxygens (including phenoxy) is 1. The van der Waals surface area contributed by atoms with Crippen LogP contribution in [0.1, 0.15) is 80.6 Å². The molecule has 3 aromatic rings. The lowest BCUT2D eigenvalue weighted by atomic mass is 9.48. The molecule has 1 N–H and O–H groups in total. The van der Waals surface area contributed by atoms with Crippen molar-refractivity contribution in [3.05, 3.63) is 65.7 Å². The smallest absolute Gasteiger partial charge is 0.336 e. The normalized spacial score (nSPS) is 29.4.